The minimum Gasteiger partial charge on any atom is -0.285 e. The maximum absolute atomic E-state index is 4.29. The van der Waals surface area contributed by atoms with Crippen LogP contribution < -0.4 is 0 Å². The molecule has 7 heteroatoms. The third kappa shape index (κ3) is 1.30. The van der Waals surface area contributed by atoms with E-state index in [4.69, 9.17) is 0 Å². The zero-order valence-corrected chi connectivity index (χ0v) is 7.62. The molecule has 0 aliphatic heterocycles. The maximum Gasteiger partial charge on any atom is 0.254 e. The largest absolute Gasteiger partial charge is 0.285 e. The highest BCUT2D eigenvalue weighted by molar-refractivity contribution is 5.51. The van der Waals surface area contributed by atoms with Crippen molar-refractivity contribution in [3.63, 3.8) is 0 Å². The first-order valence-electron chi connectivity index (χ1n) is 4.33. The lowest BCUT2D eigenvalue weighted by atomic mass is 10.3. The van der Waals surface area contributed by atoms with Crippen LogP contribution in [0.5, 0.6) is 0 Å². The number of aromatic amines is 2. The average Bonchev–Trinajstić information content (AvgIpc) is 3.02. The summed E-state index contributed by atoms with van der Waals surface area (Å²) in [4.78, 5) is 8.21. The smallest absolute Gasteiger partial charge is 0.254 e. The van der Waals surface area contributed by atoms with Gasteiger partial charge in [-0.1, -0.05) is 0 Å². The molecule has 3 aromatic rings. The van der Waals surface area contributed by atoms with E-state index in [9.17, 15) is 0 Å². The highest BCUT2D eigenvalue weighted by Crippen LogP contribution is 2.12. The van der Waals surface area contributed by atoms with Crippen LogP contribution in [-0.2, 0) is 0 Å². The highest BCUT2D eigenvalue weighted by Gasteiger charge is 2.06. The minimum absolute atomic E-state index is 0.559. The van der Waals surface area contributed by atoms with Gasteiger partial charge < -0.3 is 0 Å². The van der Waals surface area contributed by atoms with Gasteiger partial charge in [-0.2, -0.15) is 10.1 Å². The minimum atomic E-state index is 0.559. The van der Waals surface area contributed by atoms with Gasteiger partial charge in [-0.05, 0) is 0 Å². The summed E-state index contributed by atoms with van der Waals surface area (Å²) >= 11 is 0. The van der Waals surface area contributed by atoms with Gasteiger partial charge in [0, 0.05) is 18.6 Å². The van der Waals surface area contributed by atoms with Crippen molar-refractivity contribution in [2.24, 2.45) is 0 Å². The van der Waals surface area contributed by atoms with Crippen molar-refractivity contribution in [3.05, 3.63) is 31.1 Å². The van der Waals surface area contributed by atoms with E-state index in [1.807, 2.05) is 0 Å². The van der Waals surface area contributed by atoms with Gasteiger partial charge in [0.05, 0.1) is 11.8 Å². The Labute approximate surface area is 84.2 Å². The maximum atomic E-state index is 4.29. The van der Waals surface area contributed by atoms with Crippen LogP contribution in [0.15, 0.2) is 31.1 Å². The third-order valence-electron chi connectivity index (χ3n) is 1.98. The lowest BCUT2D eigenvalue weighted by Crippen LogP contribution is -1.91. The summed E-state index contributed by atoms with van der Waals surface area (Å²) in [6.45, 7) is 0. The number of imidazole rings is 1. The Morgan fingerprint density at radius 2 is 2.33 bits per heavy atom. The van der Waals surface area contributed by atoms with Crippen molar-refractivity contribution in [2.75, 3.05) is 0 Å². The normalized spacial score (nSPS) is 10.7. The number of rotatable bonds is 2. The first-order chi connectivity index (χ1) is 7.43. The molecule has 0 spiro atoms. The van der Waals surface area contributed by atoms with Crippen molar-refractivity contribution in [2.45, 2.75) is 0 Å². The number of H-pyrrole nitrogens is 2. The second-order valence-electron chi connectivity index (χ2n) is 2.94. The zero-order chi connectivity index (χ0) is 10.1. The molecule has 0 atom stereocenters. The fourth-order valence-electron chi connectivity index (χ4n) is 1.26. The van der Waals surface area contributed by atoms with Crippen LogP contribution >= 0.6 is 0 Å². The molecule has 74 valence electrons. The summed E-state index contributed by atoms with van der Waals surface area (Å²) in [6.07, 6.45) is 8.52. The molecule has 0 radical (unpaired) electrons. The van der Waals surface area contributed by atoms with Crippen molar-refractivity contribution in [1.82, 2.24) is 34.9 Å². The Balaban J connectivity index is 2.02. The molecule has 0 bridgehead atoms. The molecule has 0 unspecified atom stereocenters. The van der Waals surface area contributed by atoms with Gasteiger partial charge in [0.1, 0.15) is 6.33 Å². The van der Waals surface area contributed by atoms with E-state index in [1.165, 1.54) is 0 Å². The first kappa shape index (κ1) is 7.92. The van der Waals surface area contributed by atoms with Crippen molar-refractivity contribution < 1.29 is 0 Å². The van der Waals surface area contributed by atoms with Gasteiger partial charge in [0.15, 0.2) is 5.82 Å². The molecular formula is C8H7N7. The van der Waals surface area contributed by atoms with Gasteiger partial charge >= 0.3 is 0 Å². The summed E-state index contributed by atoms with van der Waals surface area (Å²) in [5.74, 6) is 1.23. The molecule has 0 aliphatic rings. The zero-order valence-electron chi connectivity index (χ0n) is 7.62. The summed E-state index contributed by atoms with van der Waals surface area (Å²) < 4.78 is 1.72. The van der Waals surface area contributed by atoms with E-state index >= 15 is 0 Å². The van der Waals surface area contributed by atoms with Gasteiger partial charge in [-0.25, -0.2) is 4.98 Å². The molecule has 3 heterocycles. The van der Waals surface area contributed by atoms with Crippen LogP contribution in [0.2, 0.25) is 0 Å². The number of nitrogens with one attached hydrogen (secondary N) is 2. The number of aromatic nitrogens is 7. The van der Waals surface area contributed by atoms with E-state index in [-0.39, 0.29) is 0 Å². The summed E-state index contributed by atoms with van der Waals surface area (Å²) in [6, 6.07) is 0. The van der Waals surface area contributed by atoms with Crippen LogP contribution in [0, 0.1) is 0 Å². The number of nitrogens with zero attached hydrogens (tertiary/aromatic N) is 5. The highest BCUT2D eigenvalue weighted by atomic mass is 15.3. The Morgan fingerprint density at radius 3 is 3.07 bits per heavy atom. The molecule has 3 rings (SSSR count). The molecule has 0 aromatic carbocycles. The third-order valence-corrected chi connectivity index (χ3v) is 1.98. The SMILES string of the molecule is c1cn(-c2n[nH]c(-c3cn[nH]c3)n2)cn1. The molecule has 0 saturated heterocycles. The molecule has 3 aromatic heterocycles. The second kappa shape index (κ2) is 3.05. The Hall–Kier alpha value is -2.44. The Bertz CT molecular complexity index is 485. The van der Waals surface area contributed by atoms with Crippen molar-refractivity contribution in [1.29, 1.82) is 0 Å². The predicted octanol–water partition coefficient (Wildman–Crippen LogP) is 0.380. The topological polar surface area (TPSA) is 88.1 Å². The predicted molar refractivity (Wildman–Crippen MR) is 51.1 cm³/mol. The number of hydrogen-bond acceptors (Lipinski definition) is 4. The molecule has 0 saturated carbocycles. The second-order valence-corrected chi connectivity index (χ2v) is 2.94. The van der Waals surface area contributed by atoms with Crippen molar-refractivity contribution >= 4 is 0 Å². The quantitative estimate of drug-likeness (QED) is 0.627. The van der Waals surface area contributed by atoms with E-state index in [0.717, 1.165) is 5.56 Å². The summed E-state index contributed by atoms with van der Waals surface area (Å²) in [5, 5.41) is 13.4. The summed E-state index contributed by atoms with van der Waals surface area (Å²) in [5.41, 5.74) is 0.869. The summed E-state index contributed by atoms with van der Waals surface area (Å²) in [7, 11) is 0. The average molecular weight is 201 g/mol. The van der Waals surface area contributed by atoms with Gasteiger partial charge in [-0.3, -0.25) is 14.8 Å². The van der Waals surface area contributed by atoms with Crippen LogP contribution in [0.4, 0.5) is 0 Å². The van der Waals surface area contributed by atoms with Crippen LogP contribution in [0.3, 0.4) is 0 Å². The van der Waals surface area contributed by atoms with Crippen molar-refractivity contribution in [3.8, 4) is 17.3 Å². The van der Waals surface area contributed by atoms with E-state index in [2.05, 4.69) is 30.4 Å². The molecule has 2 N–H and O–H groups in total. The lowest BCUT2D eigenvalue weighted by molar-refractivity contribution is 0.931. The number of hydrogen-bond donors (Lipinski definition) is 2. The van der Waals surface area contributed by atoms with Crippen LogP contribution in [0.1, 0.15) is 0 Å². The first-order valence-corrected chi connectivity index (χ1v) is 4.33. The van der Waals surface area contributed by atoms with E-state index in [0.29, 0.717) is 11.8 Å². The Morgan fingerprint density at radius 1 is 1.33 bits per heavy atom. The van der Waals surface area contributed by atoms with E-state index in [1.54, 1.807) is 35.7 Å². The molecule has 0 aliphatic carbocycles. The van der Waals surface area contributed by atoms with Gasteiger partial charge in [-0.15, -0.1) is 5.10 Å². The van der Waals surface area contributed by atoms with E-state index < -0.39 is 0 Å². The fourth-order valence-corrected chi connectivity index (χ4v) is 1.26. The standard InChI is InChI=1S/C8H7N7/c1-2-15(5-9-1)8-12-7(13-14-8)6-3-10-11-4-6/h1-5H,(H,10,11)(H,12,13,14). The molecular weight excluding hydrogens is 194 g/mol. The Kier molecular flexibility index (Phi) is 1.61. The molecule has 0 fully saturated rings. The molecule has 0 amide bonds. The molecule has 15 heavy (non-hydrogen) atoms. The van der Waals surface area contributed by atoms with Gasteiger partial charge in [0.2, 0.25) is 0 Å². The van der Waals surface area contributed by atoms with Gasteiger partial charge in [0.25, 0.3) is 5.95 Å². The van der Waals surface area contributed by atoms with Crippen LogP contribution in [-0.4, -0.2) is 34.9 Å². The molecule has 7 nitrogen and oxygen atoms in total. The van der Waals surface area contributed by atoms with Crippen LogP contribution in [0.25, 0.3) is 17.3 Å². The fraction of sp³-hybridized carbons (Fsp3) is 0. The lowest BCUT2D eigenvalue weighted by Gasteiger charge is -1.90. The monoisotopic (exact) mass is 201 g/mol.